The lowest BCUT2D eigenvalue weighted by molar-refractivity contribution is 0.00374. The Bertz CT molecular complexity index is 954. The van der Waals surface area contributed by atoms with Crippen molar-refractivity contribution >= 4 is 17.5 Å². The van der Waals surface area contributed by atoms with E-state index in [0.717, 1.165) is 17.1 Å². The molecule has 1 atom stereocenters. The molecule has 2 heterocycles. The Morgan fingerprint density at radius 3 is 2.70 bits per heavy atom. The molecule has 4 rings (SSSR count). The number of carbonyl (C=O) groups is 1. The number of hydrogen-bond acceptors (Lipinski definition) is 3. The number of hydrogen-bond donors (Lipinski definition) is 1. The highest BCUT2D eigenvalue weighted by Gasteiger charge is 2.23. The van der Waals surface area contributed by atoms with Crippen LogP contribution in [0.5, 0.6) is 0 Å². The Balaban J connectivity index is 1.43. The van der Waals surface area contributed by atoms with Gasteiger partial charge in [-0.2, -0.15) is 0 Å². The average Bonchev–Trinajstić information content (AvgIpc) is 3.10. The minimum atomic E-state index is -0.275. The van der Waals surface area contributed by atoms with Crippen molar-refractivity contribution in [3.63, 3.8) is 0 Å². The van der Waals surface area contributed by atoms with Crippen LogP contribution < -0.4 is 5.32 Å². The monoisotopic (exact) mass is 385 g/mol. The number of nitrogens with one attached hydrogen (secondary N) is 1. The van der Waals surface area contributed by atoms with E-state index >= 15 is 0 Å². The molecular formula is C20H17ClFN3O2. The zero-order valence-corrected chi connectivity index (χ0v) is 15.1. The Labute approximate surface area is 160 Å². The minimum absolute atomic E-state index is 0.176. The van der Waals surface area contributed by atoms with E-state index < -0.39 is 0 Å². The summed E-state index contributed by atoms with van der Waals surface area (Å²) in [5, 5.41) is 3.47. The molecule has 5 nitrogen and oxygen atoms in total. The standard InChI is InChI=1S/C20H17ClFN3O2/c21-15-5-1-14(2-6-15)20(26)24-9-17-11-25-18(10-23-19(25)12-27-17)13-3-7-16(22)8-4-13/h1-8,10,17H,9,11-12H2,(H,24,26)/t17-/m0/s1. The molecule has 1 aliphatic heterocycles. The lowest BCUT2D eigenvalue weighted by Crippen LogP contribution is -2.39. The van der Waals surface area contributed by atoms with Crippen molar-refractivity contribution in [1.29, 1.82) is 0 Å². The third kappa shape index (κ3) is 3.86. The molecule has 7 heteroatoms. The Kier molecular flexibility index (Phi) is 4.92. The molecule has 0 fully saturated rings. The topological polar surface area (TPSA) is 56.2 Å². The van der Waals surface area contributed by atoms with Crippen molar-refractivity contribution in [2.75, 3.05) is 6.54 Å². The van der Waals surface area contributed by atoms with Crippen molar-refractivity contribution in [3.8, 4) is 11.3 Å². The molecule has 0 bridgehead atoms. The van der Waals surface area contributed by atoms with Crippen LogP contribution in [0.2, 0.25) is 5.02 Å². The van der Waals surface area contributed by atoms with Crippen LogP contribution in [0.3, 0.4) is 0 Å². The molecule has 1 amide bonds. The van der Waals surface area contributed by atoms with E-state index in [1.807, 2.05) is 0 Å². The summed E-state index contributed by atoms with van der Waals surface area (Å²) >= 11 is 5.85. The number of halogens is 2. The van der Waals surface area contributed by atoms with Crippen molar-refractivity contribution < 1.29 is 13.9 Å². The SMILES string of the molecule is O=C(NC[C@H]1Cn2c(-c3ccc(F)cc3)cnc2CO1)c1ccc(Cl)cc1. The quantitative estimate of drug-likeness (QED) is 0.745. The van der Waals surface area contributed by atoms with Gasteiger partial charge in [0.05, 0.1) is 24.5 Å². The number of nitrogens with zero attached hydrogens (tertiary/aromatic N) is 2. The summed E-state index contributed by atoms with van der Waals surface area (Å²) in [7, 11) is 0. The number of fused-ring (bicyclic) bond motifs is 1. The normalized spacial score (nSPS) is 16.0. The fourth-order valence-corrected chi connectivity index (χ4v) is 3.19. The molecule has 1 aliphatic rings. The van der Waals surface area contributed by atoms with E-state index in [0.29, 0.717) is 30.3 Å². The highest BCUT2D eigenvalue weighted by molar-refractivity contribution is 6.30. The van der Waals surface area contributed by atoms with Gasteiger partial charge < -0.3 is 14.6 Å². The van der Waals surface area contributed by atoms with Crippen LogP contribution in [0.4, 0.5) is 4.39 Å². The number of benzene rings is 2. The summed E-state index contributed by atoms with van der Waals surface area (Å²) in [5.41, 5.74) is 2.34. The molecule has 1 N–H and O–H groups in total. The molecule has 0 unspecified atom stereocenters. The summed E-state index contributed by atoms with van der Waals surface area (Å²) < 4.78 is 21.0. The molecule has 0 saturated carbocycles. The summed E-state index contributed by atoms with van der Waals surface area (Å²) in [4.78, 5) is 16.6. The Morgan fingerprint density at radius 1 is 1.22 bits per heavy atom. The molecule has 0 spiro atoms. The van der Waals surface area contributed by atoms with Gasteiger partial charge in [0, 0.05) is 17.1 Å². The van der Waals surface area contributed by atoms with Crippen molar-refractivity contribution in [2.45, 2.75) is 19.3 Å². The first-order chi connectivity index (χ1) is 13.1. The van der Waals surface area contributed by atoms with Crippen LogP contribution in [0, 0.1) is 5.82 Å². The predicted molar refractivity (Wildman–Crippen MR) is 100.0 cm³/mol. The molecule has 2 aromatic carbocycles. The maximum absolute atomic E-state index is 13.2. The van der Waals surface area contributed by atoms with Crippen LogP contribution in [0.15, 0.2) is 54.7 Å². The van der Waals surface area contributed by atoms with Gasteiger partial charge in [-0.25, -0.2) is 9.37 Å². The van der Waals surface area contributed by atoms with E-state index in [1.54, 1.807) is 42.6 Å². The maximum Gasteiger partial charge on any atom is 0.251 e. The second-order valence-corrected chi connectivity index (χ2v) is 6.76. The highest BCUT2D eigenvalue weighted by Crippen LogP contribution is 2.25. The van der Waals surface area contributed by atoms with Gasteiger partial charge in [0.2, 0.25) is 0 Å². The lowest BCUT2D eigenvalue weighted by atomic mass is 10.1. The molecule has 0 aliphatic carbocycles. The highest BCUT2D eigenvalue weighted by atomic mass is 35.5. The van der Waals surface area contributed by atoms with Gasteiger partial charge in [0.25, 0.3) is 5.91 Å². The van der Waals surface area contributed by atoms with Gasteiger partial charge in [-0.05, 0) is 54.1 Å². The van der Waals surface area contributed by atoms with E-state index in [1.165, 1.54) is 12.1 Å². The van der Waals surface area contributed by atoms with Crippen LogP contribution in [0.25, 0.3) is 11.3 Å². The number of amides is 1. The number of aromatic nitrogens is 2. The van der Waals surface area contributed by atoms with Gasteiger partial charge in [-0.1, -0.05) is 11.6 Å². The predicted octanol–water partition coefficient (Wildman–Crippen LogP) is 3.67. The second kappa shape index (κ2) is 7.50. The molecule has 27 heavy (non-hydrogen) atoms. The summed E-state index contributed by atoms with van der Waals surface area (Å²) in [5.74, 6) is 0.364. The van der Waals surface area contributed by atoms with Gasteiger partial charge >= 0.3 is 0 Å². The molecular weight excluding hydrogens is 369 g/mol. The summed E-state index contributed by atoms with van der Waals surface area (Å²) in [6.07, 6.45) is 1.59. The second-order valence-electron chi connectivity index (χ2n) is 6.33. The fraction of sp³-hybridized carbons (Fsp3) is 0.200. The Hall–Kier alpha value is -2.70. The van der Waals surface area contributed by atoms with Crippen molar-refractivity contribution in [1.82, 2.24) is 14.9 Å². The van der Waals surface area contributed by atoms with Gasteiger partial charge in [-0.15, -0.1) is 0 Å². The zero-order valence-electron chi connectivity index (χ0n) is 14.4. The van der Waals surface area contributed by atoms with E-state index in [9.17, 15) is 9.18 Å². The maximum atomic E-state index is 13.2. The van der Waals surface area contributed by atoms with E-state index in [2.05, 4.69) is 14.9 Å². The fourth-order valence-electron chi connectivity index (χ4n) is 3.07. The third-order valence-electron chi connectivity index (χ3n) is 4.51. The molecule has 0 radical (unpaired) electrons. The number of ether oxygens (including phenoxy) is 1. The van der Waals surface area contributed by atoms with Gasteiger partial charge in [-0.3, -0.25) is 4.79 Å². The largest absolute Gasteiger partial charge is 0.367 e. The van der Waals surface area contributed by atoms with Crippen LogP contribution in [-0.2, 0) is 17.9 Å². The van der Waals surface area contributed by atoms with E-state index in [4.69, 9.17) is 16.3 Å². The third-order valence-corrected chi connectivity index (χ3v) is 4.76. The van der Waals surface area contributed by atoms with Crippen molar-refractivity contribution in [2.24, 2.45) is 0 Å². The first-order valence-electron chi connectivity index (χ1n) is 8.56. The number of rotatable bonds is 4. The van der Waals surface area contributed by atoms with Gasteiger partial charge in [0.15, 0.2) is 0 Å². The van der Waals surface area contributed by atoms with Gasteiger partial charge in [0.1, 0.15) is 18.2 Å². The van der Waals surface area contributed by atoms with Crippen LogP contribution >= 0.6 is 11.6 Å². The van der Waals surface area contributed by atoms with Crippen LogP contribution in [-0.4, -0.2) is 28.1 Å². The summed E-state index contributed by atoms with van der Waals surface area (Å²) in [6, 6.07) is 13.0. The first kappa shape index (κ1) is 17.7. The minimum Gasteiger partial charge on any atom is -0.367 e. The smallest absolute Gasteiger partial charge is 0.251 e. The molecule has 1 aromatic heterocycles. The number of carbonyl (C=O) groups excluding carboxylic acids is 1. The van der Waals surface area contributed by atoms with Crippen LogP contribution in [0.1, 0.15) is 16.2 Å². The zero-order chi connectivity index (χ0) is 18.8. The number of imidazole rings is 1. The Morgan fingerprint density at radius 2 is 1.96 bits per heavy atom. The molecule has 138 valence electrons. The first-order valence-corrected chi connectivity index (χ1v) is 8.93. The van der Waals surface area contributed by atoms with E-state index in [-0.39, 0.29) is 17.8 Å². The lowest BCUT2D eigenvalue weighted by Gasteiger charge is -2.26. The van der Waals surface area contributed by atoms with Crippen molar-refractivity contribution in [3.05, 3.63) is 77.0 Å². The molecule has 0 saturated heterocycles. The molecule has 3 aromatic rings. The average molecular weight is 386 g/mol. The summed E-state index contributed by atoms with van der Waals surface area (Å²) in [6.45, 7) is 1.30.